The van der Waals surface area contributed by atoms with Gasteiger partial charge in [0.25, 0.3) is 0 Å². The van der Waals surface area contributed by atoms with Gasteiger partial charge in [0.05, 0.1) is 18.4 Å². The van der Waals surface area contributed by atoms with Crippen LogP contribution in [0.5, 0.6) is 5.75 Å². The van der Waals surface area contributed by atoms with E-state index in [2.05, 4.69) is 10.3 Å². The number of aryl methyl sites for hydroxylation is 1. The molecule has 0 unspecified atom stereocenters. The number of ether oxygens (including phenoxy) is 1. The number of hydrogen-bond donors (Lipinski definition) is 1. The largest absolute Gasteiger partial charge is 0.496 e. The fraction of sp³-hybridized carbons (Fsp3) is 0.400. The SMILES string of the molecule is CCNC(=O)N1CC2(CC(=O)C(c3c(C)cc(-c4ccc(C#N)cn4)cc3OC)C(=O)C2)C1. The Bertz CT molecular complexity index is 1140. The average Bonchev–Trinajstić information content (AvgIpc) is 2.77. The van der Waals surface area contributed by atoms with Gasteiger partial charge in [0.15, 0.2) is 0 Å². The van der Waals surface area contributed by atoms with Crippen molar-refractivity contribution in [3.05, 3.63) is 47.2 Å². The summed E-state index contributed by atoms with van der Waals surface area (Å²) in [7, 11) is 1.52. The zero-order chi connectivity index (χ0) is 23.8. The monoisotopic (exact) mass is 446 g/mol. The summed E-state index contributed by atoms with van der Waals surface area (Å²) >= 11 is 0. The van der Waals surface area contributed by atoms with E-state index in [0.717, 1.165) is 11.1 Å². The Morgan fingerprint density at radius 3 is 2.52 bits per heavy atom. The number of benzene rings is 1. The number of likely N-dealkylation sites (tertiary alicyclic amines) is 1. The fourth-order valence-corrected chi connectivity index (χ4v) is 4.98. The number of carbonyl (C=O) groups is 3. The van der Waals surface area contributed by atoms with E-state index in [9.17, 15) is 14.4 Å². The van der Waals surface area contributed by atoms with Crippen molar-refractivity contribution in [3.8, 4) is 23.1 Å². The zero-order valence-electron chi connectivity index (χ0n) is 19.0. The van der Waals surface area contributed by atoms with Gasteiger partial charge in [-0.3, -0.25) is 14.6 Å². The van der Waals surface area contributed by atoms with Gasteiger partial charge in [-0.15, -0.1) is 0 Å². The van der Waals surface area contributed by atoms with Crippen LogP contribution in [-0.4, -0.2) is 54.2 Å². The van der Waals surface area contributed by atoms with Gasteiger partial charge in [-0.2, -0.15) is 5.26 Å². The van der Waals surface area contributed by atoms with Crippen LogP contribution < -0.4 is 10.1 Å². The minimum Gasteiger partial charge on any atom is -0.496 e. The normalized spacial score (nSPS) is 17.5. The molecular weight excluding hydrogens is 420 g/mol. The number of nitrogens with one attached hydrogen (secondary N) is 1. The van der Waals surface area contributed by atoms with Crippen molar-refractivity contribution in [3.63, 3.8) is 0 Å². The summed E-state index contributed by atoms with van der Waals surface area (Å²) in [5.41, 5.74) is 2.83. The molecule has 2 fully saturated rings. The second kappa shape index (κ2) is 8.66. The van der Waals surface area contributed by atoms with Gasteiger partial charge in [0.1, 0.15) is 29.3 Å². The van der Waals surface area contributed by atoms with Gasteiger partial charge in [0, 0.05) is 55.2 Å². The summed E-state index contributed by atoms with van der Waals surface area (Å²) in [5, 5.41) is 11.7. The molecule has 0 radical (unpaired) electrons. The molecule has 1 saturated heterocycles. The van der Waals surface area contributed by atoms with E-state index in [-0.39, 0.29) is 30.4 Å². The summed E-state index contributed by atoms with van der Waals surface area (Å²) in [6.45, 7) is 5.08. The third-order valence-corrected chi connectivity index (χ3v) is 6.46. The Labute approximate surface area is 192 Å². The van der Waals surface area contributed by atoms with Crippen molar-refractivity contribution in [2.75, 3.05) is 26.7 Å². The fourth-order valence-electron chi connectivity index (χ4n) is 4.98. The summed E-state index contributed by atoms with van der Waals surface area (Å²) in [6, 6.07) is 9.00. The van der Waals surface area contributed by atoms with Crippen LogP contribution in [0, 0.1) is 23.7 Å². The summed E-state index contributed by atoms with van der Waals surface area (Å²) in [5.74, 6) is -0.664. The first-order chi connectivity index (χ1) is 15.8. The first-order valence-electron chi connectivity index (χ1n) is 10.9. The number of nitriles is 1. The number of urea groups is 1. The van der Waals surface area contributed by atoms with Crippen molar-refractivity contribution in [2.45, 2.75) is 32.6 Å². The molecule has 1 aromatic carbocycles. The van der Waals surface area contributed by atoms with Gasteiger partial charge in [0.2, 0.25) is 0 Å². The molecule has 2 heterocycles. The molecule has 1 N–H and O–H groups in total. The molecule has 8 nitrogen and oxygen atoms in total. The predicted octanol–water partition coefficient (Wildman–Crippen LogP) is 2.98. The molecule has 1 spiro atoms. The molecule has 4 rings (SSSR count). The molecule has 0 bridgehead atoms. The first kappa shape index (κ1) is 22.5. The Kier molecular flexibility index (Phi) is 5.90. The number of nitrogens with zero attached hydrogens (tertiary/aromatic N) is 3. The number of aromatic nitrogens is 1. The quantitative estimate of drug-likeness (QED) is 0.723. The maximum Gasteiger partial charge on any atom is 0.317 e. The molecule has 2 aromatic rings. The van der Waals surface area contributed by atoms with Crippen molar-refractivity contribution in [1.82, 2.24) is 15.2 Å². The number of hydrogen-bond acceptors (Lipinski definition) is 6. The topological polar surface area (TPSA) is 112 Å². The number of pyridine rings is 1. The third-order valence-electron chi connectivity index (χ3n) is 6.46. The average molecular weight is 447 g/mol. The van der Waals surface area contributed by atoms with E-state index in [0.29, 0.717) is 42.2 Å². The van der Waals surface area contributed by atoms with E-state index in [1.807, 2.05) is 26.0 Å². The maximum atomic E-state index is 13.2. The van der Waals surface area contributed by atoms with Crippen molar-refractivity contribution >= 4 is 17.6 Å². The van der Waals surface area contributed by atoms with Gasteiger partial charge < -0.3 is 15.0 Å². The number of carbonyl (C=O) groups excluding carboxylic acids is 3. The van der Waals surface area contributed by atoms with E-state index in [4.69, 9.17) is 10.00 Å². The second-order valence-electron chi connectivity index (χ2n) is 8.86. The maximum absolute atomic E-state index is 13.2. The van der Waals surface area contributed by atoms with Crippen molar-refractivity contribution < 1.29 is 19.1 Å². The molecule has 0 atom stereocenters. The number of ketones is 2. The summed E-state index contributed by atoms with van der Waals surface area (Å²) in [6.07, 6.45) is 2.03. The molecule has 2 aliphatic rings. The first-order valence-corrected chi connectivity index (χ1v) is 10.9. The van der Waals surface area contributed by atoms with E-state index < -0.39 is 11.3 Å². The standard InChI is InChI=1S/C25H26N4O4/c1-4-27-24(32)29-13-25(14-29)9-19(30)23(20(31)10-25)22-15(2)7-17(8-21(22)33-3)18-6-5-16(11-26)12-28-18/h5-8,12,23H,4,9-10,13-14H2,1-3H3,(H,27,32). The van der Waals surface area contributed by atoms with Crippen LogP contribution in [0.3, 0.4) is 0 Å². The highest BCUT2D eigenvalue weighted by atomic mass is 16.5. The minimum atomic E-state index is -0.868. The van der Waals surface area contributed by atoms with Gasteiger partial charge >= 0.3 is 6.03 Å². The molecule has 1 aliphatic carbocycles. The predicted molar refractivity (Wildman–Crippen MR) is 121 cm³/mol. The molecule has 33 heavy (non-hydrogen) atoms. The number of Topliss-reactive ketones (excluding diaryl/α,β-unsaturated/α-hetero) is 2. The highest BCUT2D eigenvalue weighted by Crippen LogP contribution is 2.47. The second-order valence-corrected chi connectivity index (χ2v) is 8.86. The van der Waals surface area contributed by atoms with Crippen molar-refractivity contribution in [2.24, 2.45) is 5.41 Å². The highest BCUT2D eigenvalue weighted by molar-refractivity contribution is 6.11. The molecule has 2 amide bonds. The lowest BCUT2D eigenvalue weighted by molar-refractivity contribution is -0.141. The number of rotatable bonds is 4. The zero-order valence-corrected chi connectivity index (χ0v) is 19.0. The lowest BCUT2D eigenvalue weighted by atomic mass is 9.63. The van der Waals surface area contributed by atoms with Crippen LogP contribution in [-0.2, 0) is 9.59 Å². The molecule has 8 heteroatoms. The Morgan fingerprint density at radius 1 is 1.27 bits per heavy atom. The number of methoxy groups -OCH3 is 1. The Hall–Kier alpha value is -3.73. The lowest BCUT2D eigenvalue weighted by Crippen LogP contribution is -2.63. The lowest BCUT2D eigenvalue weighted by Gasteiger charge is -2.52. The highest BCUT2D eigenvalue weighted by Gasteiger charge is 2.53. The van der Waals surface area contributed by atoms with Crippen molar-refractivity contribution in [1.29, 1.82) is 5.26 Å². The van der Waals surface area contributed by atoms with Gasteiger partial charge in [-0.1, -0.05) is 0 Å². The van der Waals surface area contributed by atoms with Gasteiger partial charge in [-0.05, 0) is 43.7 Å². The van der Waals surface area contributed by atoms with Crippen LogP contribution in [0.25, 0.3) is 11.3 Å². The number of amides is 2. The van der Waals surface area contributed by atoms with E-state index in [1.165, 1.54) is 13.3 Å². The van der Waals surface area contributed by atoms with Crippen LogP contribution in [0.2, 0.25) is 0 Å². The van der Waals surface area contributed by atoms with Crippen LogP contribution >= 0.6 is 0 Å². The van der Waals surface area contributed by atoms with Gasteiger partial charge in [-0.25, -0.2) is 4.79 Å². The summed E-state index contributed by atoms with van der Waals surface area (Å²) in [4.78, 5) is 44.4. The van der Waals surface area contributed by atoms with Crippen LogP contribution in [0.1, 0.15) is 42.4 Å². The third kappa shape index (κ3) is 4.07. The summed E-state index contributed by atoms with van der Waals surface area (Å²) < 4.78 is 5.61. The molecule has 1 saturated carbocycles. The van der Waals surface area contributed by atoms with E-state index >= 15 is 0 Å². The molecule has 1 aliphatic heterocycles. The Morgan fingerprint density at radius 2 is 1.97 bits per heavy atom. The van der Waals surface area contributed by atoms with E-state index in [1.54, 1.807) is 23.1 Å². The molecular formula is C25H26N4O4. The molecule has 1 aromatic heterocycles. The smallest absolute Gasteiger partial charge is 0.317 e. The Balaban J connectivity index is 1.59. The van der Waals surface area contributed by atoms with Crippen LogP contribution in [0.4, 0.5) is 4.79 Å². The minimum absolute atomic E-state index is 0.132. The molecule has 170 valence electrons. The van der Waals surface area contributed by atoms with Crippen LogP contribution in [0.15, 0.2) is 30.5 Å².